The third-order valence-corrected chi connectivity index (χ3v) is 2.61. The summed E-state index contributed by atoms with van der Waals surface area (Å²) in [7, 11) is 0. The molecule has 0 unspecified atom stereocenters. The number of rotatable bonds is 6. The molecule has 0 bridgehead atoms. The topological polar surface area (TPSA) is 66.4 Å². The van der Waals surface area contributed by atoms with Crippen LogP contribution < -0.4 is 5.32 Å². The van der Waals surface area contributed by atoms with Crippen LogP contribution in [0.2, 0.25) is 0 Å². The summed E-state index contributed by atoms with van der Waals surface area (Å²) in [6.45, 7) is 3.02. The van der Waals surface area contributed by atoms with Gasteiger partial charge in [-0.2, -0.15) is 8.78 Å². The summed E-state index contributed by atoms with van der Waals surface area (Å²) in [6, 6.07) is 0. The summed E-state index contributed by atoms with van der Waals surface area (Å²) in [5.74, 6) is -2.51. The van der Waals surface area contributed by atoms with E-state index < -0.39 is 23.7 Å². The second kappa shape index (κ2) is 5.63. The lowest BCUT2D eigenvalue weighted by Gasteiger charge is -2.26. The second-order valence-corrected chi connectivity index (χ2v) is 3.31. The predicted octanol–water partition coefficient (Wildman–Crippen LogP) is 1.26. The smallest absolute Gasteiger partial charge is 0.315 e. The fraction of sp³-hybridized carbons (Fsp3) is 0.778. The number of carbonyl (C=O) groups is 2. The average molecular weight is 223 g/mol. The first kappa shape index (κ1) is 13.8. The van der Waals surface area contributed by atoms with Crippen molar-refractivity contribution in [2.75, 3.05) is 6.54 Å². The zero-order chi connectivity index (χ0) is 12.1. The quantitative estimate of drug-likeness (QED) is 0.712. The molecule has 0 aromatic carbocycles. The van der Waals surface area contributed by atoms with Crippen LogP contribution in [0.5, 0.6) is 0 Å². The van der Waals surface area contributed by atoms with E-state index in [0.717, 1.165) is 0 Å². The highest BCUT2D eigenvalue weighted by Gasteiger charge is 2.35. The largest absolute Gasteiger partial charge is 0.481 e. The number of carbonyl (C=O) groups excluding carboxylic acids is 1. The van der Waals surface area contributed by atoms with Crippen molar-refractivity contribution in [2.24, 2.45) is 5.41 Å². The van der Waals surface area contributed by atoms with Gasteiger partial charge in [-0.3, -0.25) is 9.59 Å². The number of nitrogens with one attached hydrogen (secondary N) is 1. The average Bonchev–Trinajstić information content (AvgIpc) is 2.19. The zero-order valence-corrected chi connectivity index (χ0v) is 8.72. The van der Waals surface area contributed by atoms with Gasteiger partial charge >= 0.3 is 12.4 Å². The summed E-state index contributed by atoms with van der Waals surface area (Å²) < 4.78 is 23.7. The van der Waals surface area contributed by atoms with Gasteiger partial charge in [0.05, 0.1) is 5.41 Å². The van der Waals surface area contributed by atoms with E-state index in [0.29, 0.717) is 0 Å². The number of hydrogen-bond acceptors (Lipinski definition) is 2. The Morgan fingerprint density at radius 2 is 1.80 bits per heavy atom. The maximum absolute atomic E-state index is 11.9. The molecule has 0 saturated heterocycles. The highest BCUT2D eigenvalue weighted by Crippen LogP contribution is 2.25. The molecule has 0 aromatic rings. The molecule has 0 saturated carbocycles. The van der Waals surface area contributed by atoms with Gasteiger partial charge in [-0.1, -0.05) is 13.8 Å². The van der Waals surface area contributed by atoms with Crippen LogP contribution in [0.1, 0.15) is 26.7 Å². The lowest BCUT2D eigenvalue weighted by atomic mass is 9.82. The van der Waals surface area contributed by atoms with E-state index in [4.69, 9.17) is 5.11 Å². The van der Waals surface area contributed by atoms with E-state index in [1.165, 1.54) is 0 Å². The number of carboxylic acids is 1. The van der Waals surface area contributed by atoms with E-state index in [-0.39, 0.29) is 19.4 Å². The summed E-state index contributed by atoms with van der Waals surface area (Å²) in [5.41, 5.74) is -1.15. The number of amides is 1. The molecule has 88 valence electrons. The van der Waals surface area contributed by atoms with Gasteiger partial charge in [-0.15, -0.1) is 0 Å². The minimum atomic E-state index is -3.11. The normalized spacial score (nSPS) is 11.5. The molecule has 0 aromatic heterocycles. The SMILES string of the molecule is CCC(CC)(CNC(=O)C(F)F)C(=O)O. The molecule has 0 aliphatic carbocycles. The summed E-state index contributed by atoms with van der Waals surface area (Å²) in [6.07, 6.45) is -2.55. The Labute approximate surface area is 86.7 Å². The van der Waals surface area contributed by atoms with Gasteiger partial charge in [-0.25, -0.2) is 0 Å². The van der Waals surface area contributed by atoms with E-state index in [9.17, 15) is 18.4 Å². The summed E-state index contributed by atoms with van der Waals surface area (Å²) in [5, 5.41) is 10.9. The molecule has 0 aliphatic heterocycles. The van der Waals surface area contributed by atoms with Crippen LogP contribution in [0.25, 0.3) is 0 Å². The molecule has 6 heteroatoms. The molecule has 0 radical (unpaired) electrons. The maximum atomic E-state index is 11.9. The third kappa shape index (κ3) is 3.45. The number of carboxylic acid groups (broad SMARTS) is 1. The number of alkyl halides is 2. The molecular weight excluding hydrogens is 208 g/mol. The van der Waals surface area contributed by atoms with Crippen LogP contribution in [-0.2, 0) is 9.59 Å². The minimum absolute atomic E-state index is 0.265. The third-order valence-electron chi connectivity index (χ3n) is 2.61. The van der Waals surface area contributed by atoms with E-state index in [2.05, 4.69) is 0 Å². The highest BCUT2D eigenvalue weighted by molar-refractivity contribution is 5.81. The Morgan fingerprint density at radius 1 is 1.33 bits per heavy atom. The molecule has 0 rings (SSSR count). The van der Waals surface area contributed by atoms with E-state index >= 15 is 0 Å². The molecule has 0 atom stereocenters. The van der Waals surface area contributed by atoms with Crippen molar-refractivity contribution < 1.29 is 23.5 Å². The second-order valence-electron chi connectivity index (χ2n) is 3.31. The Hall–Kier alpha value is -1.20. The molecule has 1 amide bonds. The Balaban J connectivity index is 4.44. The Bertz CT molecular complexity index is 240. The first-order valence-electron chi connectivity index (χ1n) is 4.69. The van der Waals surface area contributed by atoms with Crippen molar-refractivity contribution in [1.82, 2.24) is 5.32 Å². The first-order valence-corrected chi connectivity index (χ1v) is 4.69. The molecule has 4 nitrogen and oxygen atoms in total. The molecule has 0 spiro atoms. The van der Waals surface area contributed by atoms with E-state index in [1.54, 1.807) is 13.8 Å². The van der Waals surface area contributed by atoms with Gasteiger partial charge < -0.3 is 10.4 Å². The van der Waals surface area contributed by atoms with Crippen molar-refractivity contribution in [3.05, 3.63) is 0 Å². The van der Waals surface area contributed by atoms with Crippen LogP contribution in [-0.4, -0.2) is 30.0 Å². The molecule has 2 N–H and O–H groups in total. The van der Waals surface area contributed by atoms with Crippen molar-refractivity contribution in [3.8, 4) is 0 Å². The molecule has 15 heavy (non-hydrogen) atoms. The molecule has 0 aliphatic rings. The van der Waals surface area contributed by atoms with Crippen molar-refractivity contribution in [3.63, 3.8) is 0 Å². The maximum Gasteiger partial charge on any atom is 0.315 e. The summed E-state index contributed by atoms with van der Waals surface area (Å²) >= 11 is 0. The molecular formula is C9H15F2NO3. The molecule has 0 fully saturated rings. The monoisotopic (exact) mass is 223 g/mol. The van der Waals surface area contributed by atoms with Crippen molar-refractivity contribution in [2.45, 2.75) is 33.1 Å². The van der Waals surface area contributed by atoms with Crippen molar-refractivity contribution >= 4 is 11.9 Å². The van der Waals surface area contributed by atoms with Gasteiger partial charge in [0.1, 0.15) is 0 Å². The fourth-order valence-corrected chi connectivity index (χ4v) is 1.21. The Kier molecular flexibility index (Phi) is 5.18. The fourth-order valence-electron chi connectivity index (χ4n) is 1.21. The summed E-state index contributed by atoms with van der Waals surface area (Å²) in [4.78, 5) is 21.5. The Morgan fingerprint density at radius 3 is 2.07 bits per heavy atom. The van der Waals surface area contributed by atoms with Crippen LogP contribution in [0.4, 0.5) is 8.78 Å². The lowest BCUT2D eigenvalue weighted by Crippen LogP contribution is -2.44. The number of hydrogen-bond donors (Lipinski definition) is 2. The van der Waals surface area contributed by atoms with Crippen molar-refractivity contribution in [1.29, 1.82) is 0 Å². The minimum Gasteiger partial charge on any atom is -0.481 e. The lowest BCUT2D eigenvalue weighted by molar-refractivity contribution is -0.149. The number of aliphatic carboxylic acids is 1. The van der Waals surface area contributed by atoms with Crippen LogP contribution in [0.15, 0.2) is 0 Å². The van der Waals surface area contributed by atoms with Crippen LogP contribution >= 0.6 is 0 Å². The van der Waals surface area contributed by atoms with Gasteiger partial charge in [-0.05, 0) is 12.8 Å². The zero-order valence-electron chi connectivity index (χ0n) is 8.72. The van der Waals surface area contributed by atoms with Gasteiger partial charge in [0, 0.05) is 6.54 Å². The molecule has 0 heterocycles. The van der Waals surface area contributed by atoms with Crippen LogP contribution in [0.3, 0.4) is 0 Å². The van der Waals surface area contributed by atoms with E-state index in [1.807, 2.05) is 5.32 Å². The highest BCUT2D eigenvalue weighted by atomic mass is 19.3. The number of halogens is 2. The predicted molar refractivity (Wildman–Crippen MR) is 49.7 cm³/mol. The van der Waals surface area contributed by atoms with Crippen LogP contribution in [0, 0.1) is 5.41 Å². The first-order chi connectivity index (χ1) is 6.89. The van der Waals surface area contributed by atoms with Gasteiger partial charge in [0.15, 0.2) is 0 Å². The van der Waals surface area contributed by atoms with Gasteiger partial charge in [0.2, 0.25) is 0 Å². The standard InChI is InChI=1S/C9H15F2NO3/c1-3-9(4-2,8(14)15)5-12-7(13)6(10)11/h6H,3-5H2,1-2H3,(H,12,13)(H,14,15). The van der Waals surface area contributed by atoms with Gasteiger partial charge in [0.25, 0.3) is 5.91 Å².